The van der Waals surface area contributed by atoms with Gasteiger partial charge >= 0.3 is 0 Å². The van der Waals surface area contributed by atoms with Crippen molar-refractivity contribution in [3.05, 3.63) is 45.8 Å². The van der Waals surface area contributed by atoms with E-state index in [1.165, 1.54) is 0 Å². The molecule has 158 valence electrons. The Balaban J connectivity index is 2.26. The molecule has 0 bridgehead atoms. The average Bonchev–Trinajstić information content (AvgIpc) is 2.85. The van der Waals surface area contributed by atoms with Gasteiger partial charge in [0, 0.05) is 17.7 Å². The number of allylic oxidation sites excluding steroid dienone is 4. The molecule has 0 N–H and O–H groups in total. The monoisotopic (exact) mass is 398 g/mol. The molecular weight excluding hydrogens is 364 g/mol. The number of hydrogen-bond acceptors (Lipinski definition) is 4. The van der Waals surface area contributed by atoms with Gasteiger partial charge in [0.1, 0.15) is 5.82 Å². The van der Waals surface area contributed by atoms with Crippen LogP contribution < -0.4 is 5.56 Å². The first-order chi connectivity index (χ1) is 13.6. The minimum absolute atomic E-state index is 0.0135. The van der Waals surface area contributed by atoms with Crippen molar-refractivity contribution in [3.8, 4) is 0 Å². The maximum Gasteiger partial charge on any atom is 0.261 e. The quantitative estimate of drug-likeness (QED) is 0.391. The summed E-state index contributed by atoms with van der Waals surface area (Å²) in [4.78, 5) is 29.4. The SMILES string of the molecule is C=C(C)n1c(C(C)=CC)nc2c(c1=O)CCC(CC(=C=O)OCC(C)(C)C)CC2. The van der Waals surface area contributed by atoms with Crippen LogP contribution in [0.25, 0.3) is 11.3 Å². The third-order valence-electron chi connectivity index (χ3n) is 5.29. The zero-order valence-corrected chi connectivity index (χ0v) is 18.7. The van der Waals surface area contributed by atoms with Gasteiger partial charge in [0.2, 0.25) is 0 Å². The molecule has 5 heteroatoms. The topological polar surface area (TPSA) is 61.2 Å². The number of aromatic nitrogens is 2. The summed E-state index contributed by atoms with van der Waals surface area (Å²) in [6.07, 6.45) is 5.59. The number of carbonyl (C=O) groups excluding carboxylic acids is 1. The van der Waals surface area contributed by atoms with Gasteiger partial charge in [-0.3, -0.25) is 9.36 Å². The lowest BCUT2D eigenvalue weighted by Crippen LogP contribution is -2.28. The number of aryl methyl sites for hydroxylation is 1. The van der Waals surface area contributed by atoms with Gasteiger partial charge in [0.05, 0.1) is 12.3 Å². The summed E-state index contributed by atoms with van der Waals surface area (Å²) in [5, 5.41) is 0. The predicted molar refractivity (Wildman–Crippen MR) is 118 cm³/mol. The Kier molecular flexibility index (Phi) is 7.43. The van der Waals surface area contributed by atoms with E-state index in [0.29, 0.717) is 36.7 Å². The van der Waals surface area contributed by atoms with E-state index in [4.69, 9.17) is 9.72 Å². The molecule has 0 fully saturated rings. The minimum atomic E-state index is -0.0190. The van der Waals surface area contributed by atoms with E-state index < -0.39 is 0 Å². The molecule has 1 aliphatic rings. The van der Waals surface area contributed by atoms with Crippen LogP contribution in [0, 0.1) is 11.3 Å². The average molecular weight is 399 g/mol. The molecule has 0 saturated heterocycles. The minimum Gasteiger partial charge on any atom is -0.486 e. The van der Waals surface area contributed by atoms with Crippen LogP contribution in [0.15, 0.2) is 23.2 Å². The van der Waals surface area contributed by atoms with Crippen molar-refractivity contribution in [2.75, 3.05) is 6.61 Å². The van der Waals surface area contributed by atoms with Gasteiger partial charge in [-0.2, -0.15) is 0 Å². The Morgan fingerprint density at radius 1 is 1.31 bits per heavy atom. The van der Waals surface area contributed by atoms with Crippen LogP contribution in [0.3, 0.4) is 0 Å². The third kappa shape index (κ3) is 5.80. The predicted octanol–water partition coefficient (Wildman–Crippen LogP) is 4.82. The number of rotatable bonds is 6. The van der Waals surface area contributed by atoms with E-state index >= 15 is 0 Å². The van der Waals surface area contributed by atoms with Crippen molar-refractivity contribution >= 4 is 17.2 Å². The molecule has 29 heavy (non-hydrogen) atoms. The van der Waals surface area contributed by atoms with Crippen LogP contribution in [0.1, 0.15) is 77.9 Å². The molecule has 1 aliphatic carbocycles. The molecule has 0 saturated carbocycles. The summed E-state index contributed by atoms with van der Waals surface area (Å²) in [7, 11) is 0. The molecule has 1 heterocycles. The van der Waals surface area contributed by atoms with E-state index in [0.717, 1.165) is 36.1 Å². The zero-order valence-electron chi connectivity index (χ0n) is 18.7. The van der Waals surface area contributed by atoms with Crippen LogP contribution in [-0.4, -0.2) is 22.1 Å². The summed E-state index contributed by atoms with van der Waals surface area (Å²) < 4.78 is 7.33. The fraction of sp³-hybridized carbons (Fsp3) is 0.583. The van der Waals surface area contributed by atoms with Crippen molar-refractivity contribution in [2.24, 2.45) is 11.3 Å². The lowest BCUT2D eigenvalue weighted by Gasteiger charge is -2.21. The molecule has 1 aromatic heterocycles. The molecule has 5 nitrogen and oxygen atoms in total. The Hall–Kier alpha value is -2.39. The fourth-order valence-electron chi connectivity index (χ4n) is 3.54. The largest absolute Gasteiger partial charge is 0.486 e. The first-order valence-corrected chi connectivity index (χ1v) is 10.4. The maximum atomic E-state index is 13.2. The standard InChI is InChI=1S/C24H34N2O3/c1-8-17(4)22-25-21-12-10-18(13-19(14-27)29-15-24(5,6)7)9-11-20(21)23(28)26(22)16(2)3/h8,18H,2,9-13,15H2,1,3-7H3. The van der Waals surface area contributed by atoms with Gasteiger partial charge in [0.15, 0.2) is 11.7 Å². The molecule has 1 atom stereocenters. The third-order valence-corrected chi connectivity index (χ3v) is 5.29. The van der Waals surface area contributed by atoms with Crippen LogP contribution in [0.5, 0.6) is 0 Å². The van der Waals surface area contributed by atoms with E-state index in [-0.39, 0.29) is 16.9 Å². The summed E-state index contributed by atoms with van der Waals surface area (Å²) >= 11 is 0. The molecule has 0 spiro atoms. The molecule has 1 unspecified atom stereocenters. The summed E-state index contributed by atoms with van der Waals surface area (Å²) in [5.41, 5.74) is 3.24. The van der Waals surface area contributed by atoms with Gasteiger partial charge in [-0.15, -0.1) is 0 Å². The van der Waals surface area contributed by atoms with Crippen molar-refractivity contribution < 1.29 is 9.53 Å². The Morgan fingerprint density at radius 2 is 1.97 bits per heavy atom. The number of hydrogen-bond donors (Lipinski definition) is 0. The lowest BCUT2D eigenvalue weighted by molar-refractivity contribution is 0.117. The second kappa shape index (κ2) is 9.41. The number of fused-ring (bicyclic) bond motifs is 1. The second-order valence-corrected chi connectivity index (χ2v) is 9.23. The molecule has 0 radical (unpaired) electrons. The second-order valence-electron chi connectivity index (χ2n) is 9.23. The highest BCUT2D eigenvalue weighted by atomic mass is 16.5. The van der Waals surface area contributed by atoms with Crippen molar-refractivity contribution in [2.45, 2.75) is 73.6 Å². The molecule has 0 amide bonds. The lowest BCUT2D eigenvalue weighted by atomic mass is 9.95. The molecular formula is C24H34N2O3. The highest BCUT2D eigenvalue weighted by Crippen LogP contribution is 2.28. The maximum absolute atomic E-state index is 13.2. The van der Waals surface area contributed by atoms with Crippen LogP contribution in [-0.2, 0) is 22.4 Å². The van der Waals surface area contributed by atoms with Crippen LogP contribution >= 0.6 is 0 Å². The van der Waals surface area contributed by atoms with Gasteiger partial charge in [-0.05, 0) is 63.4 Å². The van der Waals surface area contributed by atoms with Crippen molar-refractivity contribution in [1.29, 1.82) is 0 Å². The zero-order chi connectivity index (χ0) is 21.8. The van der Waals surface area contributed by atoms with E-state index in [9.17, 15) is 9.59 Å². The van der Waals surface area contributed by atoms with Gasteiger partial charge in [-0.25, -0.2) is 9.78 Å². The normalized spacial score (nSPS) is 17.2. The number of nitrogens with zero attached hydrogens (tertiary/aromatic N) is 2. The van der Waals surface area contributed by atoms with Gasteiger partial charge in [-0.1, -0.05) is 33.4 Å². The molecule has 0 aromatic carbocycles. The van der Waals surface area contributed by atoms with E-state index in [1.807, 2.05) is 32.8 Å². The Morgan fingerprint density at radius 3 is 2.52 bits per heavy atom. The summed E-state index contributed by atoms with van der Waals surface area (Å²) in [6, 6.07) is 0. The first-order valence-electron chi connectivity index (χ1n) is 10.4. The first kappa shape index (κ1) is 22.9. The molecule has 0 aliphatic heterocycles. The number of ether oxygens (including phenoxy) is 1. The van der Waals surface area contributed by atoms with Crippen LogP contribution in [0.2, 0.25) is 0 Å². The van der Waals surface area contributed by atoms with E-state index in [2.05, 4.69) is 27.4 Å². The summed E-state index contributed by atoms with van der Waals surface area (Å²) in [5.74, 6) is 3.30. The smallest absolute Gasteiger partial charge is 0.261 e. The summed E-state index contributed by atoms with van der Waals surface area (Å²) in [6.45, 7) is 16.4. The van der Waals surface area contributed by atoms with Gasteiger partial charge < -0.3 is 4.74 Å². The van der Waals surface area contributed by atoms with Crippen molar-refractivity contribution in [3.63, 3.8) is 0 Å². The van der Waals surface area contributed by atoms with Gasteiger partial charge in [0.25, 0.3) is 5.56 Å². The van der Waals surface area contributed by atoms with Crippen molar-refractivity contribution in [1.82, 2.24) is 9.55 Å². The fourth-order valence-corrected chi connectivity index (χ4v) is 3.54. The highest BCUT2D eigenvalue weighted by molar-refractivity contribution is 5.61. The van der Waals surface area contributed by atoms with Crippen LogP contribution in [0.4, 0.5) is 0 Å². The molecule has 1 aromatic rings. The Bertz CT molecular complexity index is 909. The molecule has 2 rings (SSSR count). The van der Waals surface area contributed by atoms with E-state index in [1.54, 1.807) is 4.57 Å². The highest BCUT2D eigenvalue weighted by Gasteiger charge is 2.24. The Labute approximate surface area is 174 Å².